The van der Waals surface area contributed by atoms with Gasteiger partial charge in [-0.05, 0) is 37.1 Å². The number of nitrogens with two attached hydrogens (primary N) is 1. The van der Waals surface area contributed by atoms with E-state index in [0.717, 1.165) is 16.7 Å². The lowest BCUT2D eigenvalue weighted by Crippen LogP contribution is -2.37. The molecule has 0 saturated carbocycles. The monoisotopic (exact) mass is 499 g/mol. The fraction of sp³-hybridized carbons (Fsp3) is 0.111. The predicted molar refractivity (Wildman–Crippen MR) is 140 cm³/mol. The molecule has 182 valence electrons. The molecule has 0 aliphatic carbocycles. The molecule has 0 bridgehead atoms. The second kappa shape index (κ2) is 9.44. The number of amides is 1. The summed E-state index contributed by atoms with van der Waals surface area (Å²) in [5.41, 5.74) is 10.2. The first kappa shape index (κ1) is 23.5. The lowest BCUT2D eigenvalue weighted by molar-refractivity contribution is -0.117. The van der Waals surface area contributed by atoms with Gasteiger partial charge in [0.15, 0.2) is 0 Å². The Morgan fingerprint density at radius 2 is 1.81 bits per heavy atom. The van der Waals surface area contributed by atoms with Crippen molar-refractivity contribution in [3.8, 4) is 11.1 Å². The van der Waals surface area contributed by atoms with Crippen LogP contribution in [0, 0.1) is 6.92 Å². The standard InChI is InChI=1S/C27H25N5O3S/c1-18-10-12-21(13-11-18)36(34,35)32-17-23(20-15-29-30-16-20)22-8-5-9-25(26(22)32)31-27(33)24(28)14-19-6-3-2-4-7-19/h2-13,15-17,24H,14,28H2,1H3,(H,29,30)(H,31,33)/t24-/m1/s1. The fourth-order valence-corrected chi connectivity index (χ4v) is 5.57. The van der Waals surface area contributed by atoms with E-state index in [2.05, 4.69) is 15.5 Å². The largest absolute Gasteiger partial charge is 0.323 e. The average molecular weight is 500 g/mol. The van der Waals surface area contributed by atoms with Gasteiger partial charge >= 0.3 is 0 Å². The van der Waals surface area contributed by atoms with E-state index in [-0.39, 0.29) is 4.90 Å². The van der Waals surface area contributed by atoms with Crippen molar-refractivity contribution in [2.24, 2.45) is 5.73 Å². The molecule has 5 rings (SSSR count). The van der Waals surface area contributed by atoms with Crippen LogP contribution in [-0.4, -0.2) is 34.5 Å². The molecule has 36 heavy (non-hydrogen) atoms. The third-order valence-electron chi connectivity index (χ3n) is 6.07. The van der Waals surface area contributed by atoms with E-state index in [1.54, 1.807) is 55.0 Å². The van der Waals surface area contributed by atoms with Crippen molar-refractivity contribution >= 4 is 32.5 Å². The Labute approximate surface area is 208 Å². The first-order valence-electron chi connectivity index (χ1n) is 11.4. The molecule has 2 aromatic heterocycles. The van der Waals surface area contributed by atoms with Crippen LogP contribution in [0.2, 0.25) is 0 Å². The van der Waals surface area contributed by atoms with Crippen molar-refractivity contribution in [1.82, 2.24) is 14.2 Å². The highest BCUT2D eigenvalue weighted by Crippen LogP contribution is 2.36. The highest BCUT2D eigenvalue weighted by Gasteiger charge is 2.25. The fourth-order valence-electron chi connectivity index (χ4n) is 4.18. The Bertz CT molecular complexity index is 1620. The van der Waals surface area contributed by atoms with Crippen LogP contribution in [0.5, 0.6) is 0 Å². The van der Waals surface area contributed by atoms with Crippen LogP contribution >= 0.6 is 0 Å². The molecule has 1 amide bonds. The van der Waals surface area contributed by atoms with Gasteiger partial charge in [-0.1, -0.05) is 60.2 Å². The second-order valence-electron chi connectivity index (χ2n) is 8.63. The molecule has 4 N–H and O–H groups in total. The molecule has 8 nitrogen and oxygen atoms in total. The van der Waals surface area contributed by atoms with E-state index in [1.165, 1.54) is 3.97 Å². The molecule has 9 heteroatoms. The van der Waals surface area contributed by atoms with Gasteiger partial charge in [-0.15, -0.1) is 0 Å². The highest BCUT2D eigenvalue weighted by molar-refractivity contribution is 7.90. The molecular formula is C27H25N5O3S. The first-order valence-corrected chi connectivity index (χ1v) is 12.8. The Balaban J connectivity index is 1.61. The van der Waals surface area contributed by atoms with Gasteiger partial charge in [-0.3, -0.25) is 9.89 Å². The van der Waals surface area contributed by atoms with Crippen molar-refractivity contribution in [3.05, 3.63) is 103 Å². The van der Waals surface area contributed by atoms with Crippen LogP contribution in [0.1, 0.15) is 11.1 Å². The zero-order chi connectivity index (χ0) is 25.3. The summed E-state index contributed by atoms with van der Waals surface area (Å²) in [6.45, 7) is 1.89. The Hall–Kier alpha value is -4.21. The lowest BCUT2D eigenvalue weighted by Gasteiger charge is -2.15. The topological polar surface area (TPSA) is 123 Å². The number of aromatic nitrogens is 3. The minimum absolute atomic E-state index is 0.144. The molecule has 0 saturated heterocycles. The van der Waals surface area contributed by atoms with Gasteiger partial charge in [0.25, 0.3) is 10.0 Å². The number of H-pyrrole nitrogens is 1. The number of benzene rings is 3. The number of para-hydroxylation sites is 1. The maximum absolute atomic E-state index is 13.8. The van der Waals surface area contributed by atoms with Crippen LogP contribution in [-0.2, 0) is 21.2 Å². The highest BCUT2D eigenvalue weighted by atomic mass is 32.2. The summed E-state index contributed by atoms with van der Waals surface area (Å²) in [5.74, 6) is -0.406. The molecule has 2 heterocycles. The van der Waals surface area contributed by atoms with E-state index >= 15 is 0 Å². The molecule has 1 atom stereocenters. The van der Waals surface area contributed by atoms with Gasteiger partial charge in [0.1, 0.15) is 0 Å². The van der Waals surface area contributed by atoms with Gasteiger partial charge in [-0.25, -0.2) is 12.4 Å². The number of nitrogens with one attached hydrogen (secondary N) is 2. The third kappa shape index (κ3) is 4.41. The number of carbonyl (C=O) groups is 1. The van der Waals surface area contributed by atoms with Gasteiger partial charge in [0.2, 0.25) is 5.91 Å². The van der Waals surface area contributed by atoms with Crippen LogP contribution < -0.4 is 11.1 Å². The summed E-state index contributed by atoms with van der Waals surface area (Å²) < 4.78 is 28.7. The van der Waals surface area contributed by atoms with Crippen molar-refractivity contribution in [3.63, 3.8) is 0 Å². The van der Waals surface area contributed by atoms with E-state index in [4.69, 9.17) is 5.73 Å². The minimum atomic E-state index is -3.98. The Morgan fingerprint density at radius 3 is 2.50 bits per heavy atom. The Morgan fingerprint density at radius 1 is 1.06 bits per heavy atom. The Kier molecular flexibility index (Phi) is 6.17. The van der Waals surface area contributed by atoms with Gasteiger partial charge in [0.05, 0.1) is 28.3 Å². The molecule has 0 unspecified atom stereocenters. The summed E-state index contributed by atoms with van der Waals surface area (Å²) in [6.07, 6.45) is 5.23. The summed E-state index contributed by atoms with van der Waals surface area (Å²) in [4.78, 5) is 13.2. The zero-order valence-electron chi connectivity index (χ0n) is 19.5. The van der Waals surface area contributed by atoms with Gasteiger partial charge < -0.3 is 11.1 Å². The van der Waals surface area contributed by atoms with E-state index in [9.17, 15) is 13.2 Å². The normalized spacial score (nSPS) is 12.5. The van der Waals surface area contributed by atoms with E-state index < -0.39 is 22.0 Å². The van der Waals surface area contributed by atoms with Crippen molar-refractivity contribution in [2.45, 2.75) is 24.3 Å². The van der Waals surface area contributed by atoms with Crippen molar-refractivity contribution in [2.75, 3.05) is 5.32 Å². The number of aromatic amines is 1. The number of aryl methyl sites for hydroxylation is 1. The summed E-state index contributed by atoms with van der Waals surface area (Å²) >= 11 is 0. The molecule has 0 aliphatic rings. The maximum Gasteiger partial charge on any atom is 0.268 e. The quantitative estimate of drug-likeness (QED) is 0.311. The van der Waals surface area contributed by atoms with Crippen molar-refractivity contribution < 1.29 is 13.2 Å². The van der Waals surface area contributed by atoms with E-state index in [1.807, 2.05) is 43.3 Å². The van der Waals surface area contributed by atoms with Crippen LogP contribution in [0.15, 0.2) is 96.3 Å². The number of fused-ring (bicyclic) bond motifs is 1. The SMILES string of the molecule is Cc1ccc(S(=O)(=O)n2cc(-c3cn[nH]c3)c3cccc(NC(=O)[C@H](N)Cc4ccccc4)c32)cc1. The minimum Gasteiger partial charge on any atom is -0.323 e. The third-order valence-corrected chi connectivity index (χ3v) is 7.75. The smallest absolute Gasteiger partial charge is 0.268 e. The van der Waals surface area contributed by atoms with Crippen LogP contribution in [0.4, 0.5) is 5.69 Å². The number of hydrogen-bond acceptors (Lipinski definition) is 5. The summed E-state index contributed by atoms with van der Waals surface area (Å²) in [5, 5.41) is 10.3. The molecular weight excluding hydrogens is 474 g/mol. The van der Waals surface area contributed by atoms with Crippen LogP contribution in [0.3, 0.4) is 0 Å². The predicted octanol–water partition coefficient (Wildman–Crippen LogP) is 4.09. The average Bonchev–Trinajstić information content (AvgIpc) is 3.54. The molecule has 0 radical (unpaired) electrons. The molecule has 0 spiro atoms. The number of nitrogens with zero attached hydrogens (tertiary/aromatic N) is 2. The number of rotatable bonds is 7. The van der Waals surface area contributed by atoms with Crippen molar-refractivity contribution in [1.29, 1.82) is 0 Å². The number of hydrogen-bond donors (Lipinski definition) is 3. The number of anilines is 1. The summed E-state index contributed by atoms with van der Waals surface area (Å²) in [6, 6.07) is 20.6. The van der Waals surface area contributed by atoms with Gasteiger partial charge in [-0.2, -0.15) is 5.10 Å². The lowest BCUT2D eigenvalue weighted by atomic mass is 10.1. The maximum atomic E-state index is 13.8. The molecule has 0 aliphatic heterocycles. The first-order chi connectivity index (χ1) is 17.3. The second-order valence-corrected chi connectivity index (χ2v) is 10.4. The molecule has 5 aromatic rings. The molecule has 0 fully saturated rings. The summed E-state index contributed by atoms with van der Waals surface area (Å²) in [7, 11) is -3.98. The van der Waals surface area contributed by atoms with E-state index in [0.29, 0.717) is 28.6 Å². The van der Waals surface area contributed by atoms with Crippen LogP contribution in [0.25, 0.3) is 22.0 Å². The molecule has 3 aromatic carbocycles. The number of carbonyl (C=O) groups excluding carboxylic acids is 1. The zero-order valence-corrected chi connectivity index (χ0v) is 20.4. The van der Waals surface area contributed by atoms with Gasteiger partial charge in [0, 0.05) is 28.9 Å².